The van der Waals surface area contributed by atoms with E-state index in [1.807, 2.05) is 6.07 Å². The first-order valence-electron chi connectivity index (χ1n) is 9.27. The predicted octanol–water partition coefficient (Wildman–Crippen LogP) is 4.48. The monoisotopic (exact) mass is 444 g/mol. The normalized spacial score (nSPS) is 14.2. The van der Waals surface area contributed by atoms with Crippen molar-refractivity contribution in [2.24, 2.45) is 0 Å². The van der Waals surface area contributed by atoms with E-state index in [-0.39, 0.29) is 17.0 Å². The fourth-order valence-corrected chi connectivity index (χ4v) is 4.95. The molecule has 1 aliphatic rings. The molecule has 0 unspecified atom stereocenters. The Morgan fingerprint density at radius 2 is 1.77 bits per heavy atom. The molecule has 0 aliphatic carbocycles. The summed E-state index contributed by atoms with van der Waals surface area (Å²) in [6, 6.07) is 16.9. The molecule has 5 nitrogen and oxygen atoms in total. The fraction of sp³-hybridized carbons (Fsp3) is 0.136. The number of hydrogen-bond acceptors (Lipinski definition) is 3. The zero-order valence-corrected chi connectivity index (χ0v) is 17.4. The molecular weight excluding hydrogens is 427 g/mol. The molecule has 3 aromatic rings. The van der Waals surface area contributed by atoms with E-state index in [1.54, 1.807) is 24.3 Å². The van der Waals surface area contributed by atoms with Crippen molar-refractivity contribution in [2.45, 2.75) is 17.9 Å². The maximum atomic E-state index is 13.4. The number of halogens is 2. The van der Waals surface area contributed by atoms with Crippen molar-refractivity contribution in [1.82, 2.24) is 4.31 Å². The van der Waals surface area contributed by atoms with Gasteiger partial charge in [0, 0.05) is 29.4 Å². The summed E-state index contributed by atoms with van der Waals surface area (Å²) in [6.45, 7) is 0.566. The number of sulfonamides is 1. The summed E-state index contributed by atoms with van der Waals surface area (Å²) >= 11 is 5.86. The van der Waals surface area contributed by atoms with Crippen LogP contribution in [0.3, 0.4) is 0 Å². The summed E-state index contributed by atoms with van der Waals surface area (Å²) < 4.78 is 40.7. The Morgan fingerprint density at radius 1 is 1.00 bits per heavy atom. The lowest BCUT2D eigenvalue weighted by Gasteiger charge is -2.28. The number of carbonyl (C=O) groups is 1. The van der Waals surface area contributed by atoms with E-state index in [0.29, 0.717) is 23.7 Å². The molecule has 1 amide bonds. The van der Waals surface area contributed by atoms with E-state index in [0.717, 1.165) is 17.2 Å². The number of amides is 1. The average molecular weight is 445 g/mol. The van der Waals surface area contributed by atoms with Crippen molar-refractivity contribution >= 4 is 33.2 Å². The molecule has 0 atom stereocenters. The standard InChI is InChI=1S/C22H18ClFN2O3S/c23-18-5-8-21(9-6-18)30(28,29)26-11-10-15-4-7-20(13-17(15)14-26)25-22(27)16-2-1-3-19(24)12-16/h1-9,12-13H,10-11,14H2,(H,25,27). The molecule has 30 heavy (non-hydrogen) atoms. The number of benzene rings is 3. The van der Waals surface area contributed by atoms with Crippen LogP contribution in [0.15, 0.2) is 71.6 Å². The molecule has 0 saturated heterocycles. The van der Waals surface area contributed by atoms with Gasteiger partial charge in [-0.3, -0.25) is 4.79 Å². The van der Waals surface area contributed by atoms with Gasteiger partial charge in [0.2, 0.25) is 10.0 Å². The summed E-state index contributed by atoms with van der Waals surface area (Å²) in [5, 5.41) is 3.21. The SMILES string of the molecule is O=C(Nc1ccc2c(c1)CN(S(=O)(=O)c1ccc(Cl)cc1)CC2)c1cccc(F)c1. The molecule has 4 rings (SSSR count). The number of hydrogen-bond donors (Lipinski definition) is 1. The van der Waals surface area contributed by atoms with Gasteiger partial charge >= 0.3 is 0 Å². The van der Waals surface area contributed by atoms with Crippen molar-refractivity contribution < 1.29 is 17.6 Å². The van der Waals surface area contributed by atoms with Crippen molar-refractivity contribution in [2.75, 3.05) is 11.9 Å². The fourth-order valence-electron chi connectivity index (χ4n) is 3.40. The van der Waals surface area contributed by atoms with Crippen LogP contribution in [0.25, 0.3) is 0 Å². The Kier molecular flexibility index (Phi) is 5.60. The van der Waals surface area contributed by atoms with Gasteiger partial charge in [-0.15, -0.1) is 0 Å². The summed E-state index contributed by atoms with van der Waals surface area (Å²) in [5.74, 6) is -0.924. The van der Waals surface area contributed by atoms with Gasteiger partial charge in [-0.05, 0) is 72.1 Å². The van der Waals surface area contributed by atoms with Gasteiger partial charge in [-0.2, -0.15) is 4.31 Å². The van der Waals surface area contributed by atoms with Gasteiger partial charge in [0.15, 0.2) is 0 Å². The lowest BCUT2D eigenvalue weighted by molar-refractivity contribution is 0.102. The van der Waals surface area contributed by atoms with Crippen molar-refractivity contribution in [1.29, 1.82) is 0 Å². The van der Waals surface area contributed by atoms with Crippen molar-refractivity contribution in [3.05, 3.63) is 94.3 Å². The number of rotatable bonds is 4. The van der Waals surface area contributed by atoms with Crippen molar-refractivity contribution in [3.63, 3.8) is 0 Å². The quantitative estimate of drug-likeness (QED) is 0.645. The van der Waals surface area contributed by atoms with E-state index in [2.05, 4.69) is 5.32 Å². The highest BCUT2D eigenvalue weighted by Crippen LogP contribution is 2.28. The Morgan fingerprint density at radius 3 is 2.50 bits per heavy atom. The highest BCUT2D eigenvalue weighted by molar-refractivity contribution is 7.89. The topological polar surface area (TPSA) is 66.5 Å². The van der Waals surface area contributed by atoms with Crippen molar-refractivity contribution in [3.8, 4) is 0 Å². The minimum atomic E-state index is -3.66. The molecule has 3 aromatic carbocycles. The predicted molar refractivity (Wildman–Crippen MR) is 114 cm³/mol. The Labute approximate surface area is 179 Å². The van der Waals surface area contributed by atoms with Crippen LogP contribution >= 0.6 is 11.6 Å². The molecule has 0 fully saturated rings. The number of fused-ring (bicyclic) bond motifs is 1. The average Bonchev–Trinajstić information content (AvgIpc) is 2.73. The van der Waals surface area contributed by atoms with E-state index in [4.69, 9.17) is 11.6 Å². The Hall–Kier alpha value is -2.74. The molecule has 0 radical (unpaired) electrons. The first-order valence-corrected chi connectivity index (χ1v) is 11.1. The van der Waals surface area contributed by atoms with Gasteiger partial charge in [0.1, 0.15) is 5.82 Å². The van der Waals surface area contributed by atoms with Crippen LogP contribution in [0.1, 0.15) is 21.5 Å². The number of carbonyl (C=O) groups excluding carboxylic acids is 1. The maximum absolute atomic E-state index is 13.4. The molecule has 0 aromatic heterocycles. The third kappa shape index (κ3) is 4.23. The van der Waals surface area contributed by atoms with E-state index >= 15 is 0 Å². The van der Waals surface area contributed by atoms with Gasteiger partial charge in [-0.25, -0.2) is 12.8 Å². The maximum Gasteiger partial charge on any atom is 0.255 e. The van der Waals surface area contributed by atoms with Crippen LogP contribution in [0, 0.1) is 5.82 Å². The molecule has 8 heteroatoms. The minimum Gasteiger partial charge on any atom is -0.322 e. The smallest absolute Gasteiger partial charge is 0.255 e. The first kappa shape index (κ1) is 20.5. The second kappa shape index (κ2) is 8.18. The summed E-state index contributed by atoms with van der Waals surface area (Å²) in [6.07, 6.45) is 0.570. The Balaban J connectivity index is 1.55. The summed E-state index contributed by atoms with van der Waals surface area (Å²) in [7, 11) is -3.66. The van der Waals surface area contributed by atoms with Crippen LogP contribution < -0.4 is 5.32 Å². The molecule has 154 valence electrons. The lowest BCUT2D eigenvalue weighted by atomic mass is 10.0. The summed E-state index contributed by atoms with van der Waals surface area (Å²) in [5.41, 5.74) is 2.57. The Bertz CT molecular complexity index is 1210. The highest BCUT2D eigenvalue weighted by atomic mass is 35.5. The first-order chi connectivity index (χ1) is 14.3. The van der Waals surface area contributed by atoms with Gasteiger partial charge in [-0.1, -0.05) is 23.7 Å². The number of anilines is 1. The van der Waals surface area contributed by atoms with Crippen LogP contribution in [0.2, 0.25) is 5.02 Å². The lowest BCUT2D eigenvalue weighted by Crippen LogP contribution is -2.36. The molecule has 1 heterocycles. The zero-order valence-electron chi connectivity index (χ0n) is 15.8. The third-order valence-corrected chi connectivity index (χ3v) is 7.09. The molecule has 1 aliphatic heterocycles. The van der Waals surface area contributed by atoms with Gasteiger partial charge in [0.25, 0.3) is 5.91 Å². The van der Waals surface area contributed by atoms with E-state index in [1.165, 1.54) is 34.6 Å². The van der Waals surface area contributed by atoms with Crippen LogP contribution in [-0.4, -0.2) is 25.2 Å². The van der Waals surface area contributed by atoms with Crippen LogP contribution in [0.4, 0.5) is 10.1 Å². The molecule has 0 spiro atoms. The molecule has 0 saturated carbocycles. The summed E-state index contributed by atoms with van der Waals surface area (Å²) in [4.78, 5) is 12.6. The molecule has 0 bridgehead atoms. The molecular formula is C22H18ClFN2O3S. The van der Waals surface area contributed by atoms with E-state index < -0.39 is 21.7 Å². The van der Waals surface area contributed by atoms with Crippen LogP contribution in [-0.2, 0) is 23.0 Å². The number of nitrogens with zero attached hydrogens (tertiary/aromatic N) is 1. The van der Waals surface area contributed by atoms with Gasteiger partial charge in [0.05, 0.1) is 4.90 Å². The van der Waals surface area contributed by atoms with Crippen LogP contribution in [0.5, 0.6) is 0 Å². The second-order valence-electron chi connectivity index (χ2n) is 6.99. The third-order valence-electron chi connectivity index (χ3n) is 4.98. The minimum absolute atomic E-state index is 0.186. The zero-order chi connectivity index (χ0) is 21.3. The molecule has 1 N–H and O–H groups in total. The number of nitrogens with one attached hydrogen (secondary N) is 1. The van der Waals surface area contributed by atoms with E-state index in [9.17, 15) is 17.6 Å². The largest absolute Gasteiger partial charge is 0.322 e. The van der Waals surface area contributed by atoms with Gasteiger partial charge < -0.3 is 5.32 Å². The highest BCUT2D eigenvalue weighted by Gasteiger charge is 2.28. The second-order valence-corrected chi connectivity index (χ2v) is 9.36.